The Bertz CT molecular complexity index is 1440. The smallest absolute Gasteiger partial charge is 0.243 e. The summed E-state index contributed by atoms with van der Waals surface area (Å²) in [6.45, 7) is 4.00. The fourth-order valence-electron chi connectivity index (χ4n) is 4.45. The standard InChI is InChI=1S/C24H28N6O3S/c1-28-23-7-6-19(34(31,32)30-10-4-9-29(11-12-30)13-14-33-2)16-22(23)27-24(28)18-15-21-20(26-17-18)5-3-8-25-21/h3,5-8,15-17H,4,9-14H2,1-2H3. The Hall–Kier alpha value is -2.92. The molecule has 0 spiro atoms. The minimum absolute atomic E-state index is 0.272. The van der Waals surface area contributed by atoms with Gasteiger partial charge in [0.15, 0.2) is 0 Å². The maximum absolute atomic E-state index is 13.4. The zero-order valence-corrected chi connectivity index (χ0v) is 20.2. The van der Waals surface area contributed by atoms with Crippen LogP contribution in [-0.2, 0) is 21.8 Å². The molecule has 10 heteroatoms. The van der Waals surface area contributed by atoms with E-state index in [1.807, 2.05) is 35.9 Å². The van der Waals surface area contributed by atoms with E-state index >= 15 is 0 Å². The molecule has 0 atom stereocenters. The predicted molar refractivity (Wildman–Crippen MR) is 131 cm³/mol. The molecule has 5 rings (SSSR count). The first-order valence-electron chi connectivity index (χ1n) is 11.4. The summed E-state index contributed by atoms with van der Waals surface area (Å²) in [6.07, 6.45) is 4.30. The molecule has 1 fully saturated rings. The number of pyridine rings is 2. The van der Waals surface area contributed by atoms with Crippen LogP contribution >= 0.6 is 0 Å². The number of ether oxygens (including phenoxy) is 1. The van der Waals surface area contributed by atoms with Crippen molar-refractivity contribution in [1.29, 1.82) is 0 Å². The zero-order valence-electron chi connectivity index (χ0n) is 19.4. The number of aromatic nitrogens is 4. The van der Waals surface area contributed by atoms with Crippen molar-refractivity contribution < 1.29 is 13.2 Å². The Labute approximate surface area is 199 Å². The third-order valence-corrected chi connectivity index (χ3v) is 8.25. The molecular weight excluding hydrogens is 452 g/mol. The van der Waals surface area contributed by atoms with Crippen LogP contribution in [0.3, 0.4) is 0 Å². The Morgan fingerprint density at radius 2 is 1.88 bits per heavy atom. The molecule has 4 heterocycles. The third-order valence-electron chi connectivity index (χ3n) is 6.36. The molecule has 0 aliphatic carbocycles. The second-order valence-corrected chi connectivity index (χ2v) is 10.4. The van der Waals surface area contributed by atoms with Gasteiger partial charge >= 0.3 is 0 Å². The largest absolute Gasteiger partial charge is 0.383 e. The van der Waals surface area contributed by atoms with Gasteiger partial charge in [0.05, 0.1) is 33.6 Å². The Balaban J connectivity index is 1.44. The van der Waals surface area contributed by atoms with E-state index in [0.29, 0.717) is 37.6 Å². The maximum Gasteiger partial charge on any atom is 0.243 e. The van der Waals surface area contributed by atoms with Crippen LogP contribution in [0.4, 0.5) is 0 Å². The van der Waals surface area contributed by atoms with E-state index in [0.717, 1.165) is 41.6 Å². The highest BCUT2D eigenvalue weighted by molar-refractivity contribution is 7.89. The third kappa shape index (κ3) is 4.29. The van der Waals surface area contributed by atoms with Gasteiger partial charge < -0.3 is 9.30 Å². The molecule has 0 radical (unpaired) electrons. The summed E-state index contributed by atoms with van der Waals surface area (Å²) in [5, 5.41) is 0. The van der Waals surface area contributed by atoms with Gasteiger partial charge in [0.25, 0.3) is 0 Å². The summed E-state index contributed by atoms with van der Waals surface area (Å²) in [5.74, 6) is 0.716. The molecule has 178 valence electrons. The molecule has 0 amide bonds. The SMILES string of the molecule is COCCN1CCCN(S(=O)(=O)c2ccc3c(c2)nc(-c2cnc4cccnc4c2)n3C)CC1. The van der Waals surface area contributed by atoms with Gasteiger partial charge in [0, 0.05) is 58.3 Å². The van der Waals surface area contributed by atoms with Gasteiger partial charge in [-0.2, -0.15) is 4.31 Å². The van der Waals surface area contributed by atoms with Crippen LogP contribution in [0.1, 0.15) is 6.42 Å². The topological polar surface area (TPSA) is 93.4 Å². The van der Waals surface area contributed by atoms with E-state index in [2.05, 4.69) is 14.9 Å². The number of imidazole rings is 1. The second-order valence-electron chi connectivity index (χ2n) is 8.50. The summed E-state index contributed by atoms with van der Waals surface area (Å²) < 4.78 is 35.6. The second kappa shape index (κ2) is 9.38. The van der Waals surface area contributed by atoms with Crippen molar-refractivity contribution in [3.63, 3.8) is 0 Å². The molecule has 34 heavy (non-hydrogen) atoms. The predicted octanol–water partition coefficient (Wildman–Crippen LogP) is 2.53. The maximum atomic E-state index is 13.4. The number of methoxy groups -OCH3 is 1. The van der Waals surface area contributed by atoms with Crippen molar-refractivity contribution in [1.82, 2.24) is 28.7 Å². The highest BCUT2D eigenvalue weighted by Crippen LogP contribution is 2.28. The van der Waals surface area contributed by atoms with E-state index in [1.54, 1.807) is 35.9 Å². The summed E-state index contributed by atoms with van der Waals surface area (Å²) in [6, 6.07) is 10.9. The van der Waals surface area contributed by atoms with Gasteiger partial charge in [0.2, 0.25) is 10.0 Å². The van der Waals surface area contributed by atoms with E-state index in [-0.39, 0.29) is 4.90 Å². The molecule has 0 saturated carbocycles. The van der Waals surface area contributed by atoms with Gasteiger partial charge in [-0.1, -0.05) is 0 Å². The zero-order chi connectivity index (χ0) is 23.7. The molecule has 1 aliphatic heterocycles. The quantitative estimate of drug-likeness (QED) is 0.419. The van der Waals surface area contributed by atoms with E-state index in [4.69, 9.17) is 9.72 Å². The summed E-state index contributed by atoms with van der Waals surface area (Å²) in [7, 11) is -0.0108. The number of benzene rings is 1. The lowest BCUT2D eigenvalue weighted by molar-refractivity contribution is 0.151. The normalized spacial score (nSPS) is 16.3. The Morgan fingerprint density at radius 1 is 1.00 bits per heavy atom. The summed E-state index contributed by atoms with van der Waals surface area (Å²) in [4.78, 5) is 16.2. The number of sulfonamides is 1. The van der Waals surface area contributed by atoms with Crippen LogP contribution < -0.4 is 0 Å². The van der Waals surface area contributed by atoms with Crippen molar-refractivity contribution in [3.8, 4) is 11.4 Å². The molecule has 0 N–H and O–H groups in total. The summed E-state index contributed by atoms with van der Waals surface area (Å²) in [5.41, 5.74) is 3.93. The number of hydrogen-bond acceptors (Lipinski definition) is 7. The molecule has 9 nitrogen and oxygen atoms in total. The highest BCUT2D eigenvalue weighted by atomic mass is 32.2. The number of hydrogen-bond donors (Lipinski definition) is 0. The molecule has 1 aromatic carbocycles. The van der Waals surface area contributed by atoms with Crippen LogP contribution in [0.5, 0.6) is 0 Å². The average molecular weight is 481 g/mol. The van der Waals surface area contributed by atoms with Gasteiger partial charge in [-0.25, -0.2) is 13.4 Å². The minimum atomic E-state index is -3.61. The molecule has 4 aromatic rings. The van der Waals surface area contributed by atoms with Crippen molar-refractivity contribution in [2.45, 2.75) is 11.3 Å². The average Bonchev–Trinajstić information content (AvgIpc) is 3.02. The van der Waals surface area contributed by atoms with Crippen LogP contribution in [0.25, 0.3) is 33.5 Å². The Kier molecular flexibility index (Phi) is 6.30. The minimum Gasteiger partial charge on any atom is -0.383 e. The van der Waals surface area contributed by atoms with Crippen molar-refractivity contribution in [2.24, 2.45) is 7.05 Å². The molecule has 1 aliphatic rings. The fourth-order valence-corrected chi connectivity index (χ4v) is 5.94. The van der Waals surface area contributed by atoms with Crippen molar-refractivity contribution in [2.75, 3.05) is 46.4 Å². The van der Waals surface area contributed by atoms with Crippen molar-refractivity contribution >= 4 is 32.1 Å². The van der Waals surface area contributed by atoms with E-state index < -0.39 is 10.0 Å². The number of rotatable bonds is 6. The highest BCUT2D eigenvalue weighted by Gasteiger charge is 2.27. The first-order valence-corrected chi connectivity index (χ1v) is 12.8. The number of fused-ring (bicyclic) bond motifs is 2. The number of nitrogens with zero attached hydrogens (tertiary/aromatic N) is 6. The van der Waals surface area contributed by atoms with Crippen LogP contribution in [0, 0.1) is 0 Å². The first-order chi connectivity index (χ1) is 16.5. The van der Waals surface area contributed by atoms with Gasteiger partial charge in [-0.05, 0) is 49.4 Å². The monoisotopic (exact) mass is 480 g/mol. The lowest BCUT2D eigenvalue weighted by atomic mass is 10.2. The van der Waals surface area contributed by atoms with Gasteiger partial charge in [0.1, 0.15) is 5.82 Å². The lowest BCUT2D eigenvalue weighted by Crippen LogP contribution is -2.36. The van der Waals surface area contributed by atoms with Crippen molar-refractivity contribution in [3.05, 3.63) is 48.8 Å². The number of aryl methyl sites for hydroxylation is 1. The van der Waals surface area contributed by atoms with Crippen LogP contribution in [0.15, 0.2) is 53.7 Å². The lowest BCUT2D eigenvalue weighted by Gasteiger charge is -2.21. The fraction of sp³-hybridized carbons (Fsp3) is 0.375. The first kappa shape index (κ1) is 22.9. The van der Waals surface area contributed by atoms with E-state index in [9.17, 15) is 8.42 Å². The molecule has 1 saturated heterocycles. The molecule has 0 bridgehead atoms. The van der Waals surface area contributed by atoms with Gasteiger partial charge in [-0.15, -0.1) is 0 Å². The molecule has 0 unspecified atom stereocenters. The van der Waals surface area contributed by atoms with Crippen LogP contribution in [0.2, 0.25) is 0 Å². The summed E-state index contributed by atoms with van der Waals surface area (Å²) >= 11 is 0. The van der Waals surface area contributed by atoms with Gasteiger partial charge in [-0.3, -0.25) is 14.9 Å². The Morgan fingerprint density at radius 3 is 2.74 bits per heavy atom. The molecule has 3 aromatic heterocycles. The van der Waals surface area contributed by atoms with Crippen LogP contribution in [-0.4, -0.2) is 83.6 Å². The molecular formula is C24H28N6O3S. The van der Waals surface area contributed by atoms with E-state index in [1.165, 1.54) is 0 Å².